The molecule has 138 valence electrons. The standard InChI is InChI=1S/C21H26N2O3/c1-14(2)15-10-7-9-13-18(15)23-19(24)16-11-6-8-12-17(16)22-21(23,3)20(25-4)26-5/h6-14,20,22H,1-5H3/t21-/m1/s1. The highest BCUT2D eigenvalue weighted by Gasteiger charge is 2.49. The number of nitrogens with one attached hydrogen (secondary N) is 1. The summed E-state index contributed by atoms with van der Waals surface area (Å²) in [5, 5.41) is 3.48. The highest BCUT2D eigenvalue weighted by Crippen LogP contribution is 2.40. The molecule has 0 unspecified atom stereocenters. The minimum atomic E-state index is -0.903. The number of anilines is 2. The molecule has 5 nitrogen and oxygen atoms in total. The first-order valence-electron chi connectivity index (χ1n) is 8.80. The number of carbonyl (C=O) groups is 1. The van der Waals surface area contributed by atoms with Gasteiger partial charge in [0, 0.05) is 19.9 Å². The largest absolute Gasteiger partial charge is 0.358 e. The summed E-state index contributed by atoms with van der Waals surface area (Å²) in [7, 11) is 3.16. The van der Waals surface area contributed by atoms with Gasteiger partial charge in [0.05, 0.1) is 11.3 Å². The Morgan fingerprint density at radius 1 is 1.00 bits per heavy atom. The number of methoxy groups -OCH3 is 2. The molecule has 5 heteroatoms. The van der Waals surface area contributed by atoms with E-state index >= 15 is 0 Å². The maximum atomic E-state index is 13.5. The third-order valence-corrected chi connectivity index (χ3v) is 4.90. The second-order valence-electron chi connectivity index (χ2n) is 6.98. The quantitative estimate of drug-likeness (QED) is 0.817. The molecule has 0 bridgehead atoms. The van der Waals surface area contributed by atoms with Crippen LogP contribution in [-0.4, -0.2) is 32.1 Å². The topological polar surface area (TPSA) is 50.8 Å². The zero-order valence-corrected chi connectivity index (χ0v) is 15.9. The van der Waals surface area contributed by atoms with Crippen molar-refractivity contribution >= 4 is 17.3 Å². The first-order chi connectivity index (χ1) is 12.4. The first-order valence-corrected chi connectivity index (χ1v) is 8.80. The molecule has 1 N–H and O–H groups in total. The molecular weight excluding hydrogens is 328 g/mol. The van der Waals surface area contributed by atoms with Gasteiger partial charge in [-0.15, -0.1) is 0 Å². The highest BCUT2D eigenvalue weighted by atomic mass is 16.7. The molecule has 0 saturated heterocycles. The minimum absolute atomic E-state index is 0.0750. The van der Waals surface area contributed by atoms with E-state index < -0.39 is 12.0 Å². The monoisotopic (exact) mass is 354 g/mol. The third-order valence-electron chi connectivity index (χ3n) is 4.90. The predicted molar refractivity (Wildman–Crippen MR) is 104 cm³/mol. The lowest BCUT2D eigenvalue weighted by atomic mass is 9.94. The van der Waals surface area contributed by atoms with Gasteiger partial charge in [-0.1, -0.05) is 44.2 Å². The summed E-state index contributed by atoms with van der Waals surface area (Å²) >= 11 is 0. The second-order valence-corrected chi connectivity index (χ2v) is 6.98. The van der Waals surface area contributed by atoms with Crippen molar-refractivity contribution in [2.75, 3.05) is 24.4 Å². The van der Waals surface area contributed by atoms with Crippen LogP contribution >= 0.6 is 0 Å². The number of hydrogen-bond donors (Lipinski definition) is 1. The van der Waals surface area contributed by atoms with Crippen LogP contribution in [0, 0.1) is 0 Å². The molecule has 1 aliphatic rings. The van der Waals surface area contributed by atoms with Crippen molar-refractivity contribution in [1.82, 2.24) is 0 Å². The van der Waals surface area contributed by atoms with Crippen LogP contribution < -0.4 is 10.2 Å². The number of benzene rings is 2. The van der Waals surface area contributed by atoms with Crippen molar-refractivity contribution in [1.29, 1.82) is 0 Å². The van der Waals surface area contributed by atoms with Crippen molar-refractivity contribution < 1.29 is 14.3 Å². The number of fused-ring (bicyclic) bond motifs is 1. The fourth-order valence-corrected chi connectivity index (χ4v) is 3.70. The summed E-state index contributed by atoms with van der Waals surface area (Å²) in [5.74, 6) is 0.193. The van der Waals surface area contributed by atoms with Gasteiger partial charge < -0.3 is 14.8 Å². The van der Waals surface area contributed by atoms with Gasteiger partial charge in [-0.05, 0) is 36.6 Å². The molecule has 0 spiro atoms. The smallest absolute Gasteiger partial charge is 0.262 e. The number of ether oxygens (including phenoxy) is 2. The maximum absolute atomic E-state index is 13.5. The summed E-state index contributed by atoms with van der Waals surface area (Å²) in [4.78, 5) is 15.3. The molecule has 3 rings (SSSR count). The van der Waals surface area contributed by atoms with Gasteiger partial charge in [0.2, 0.25) is 0 Å². The lowest BCUT2D eigenvalue weighted by Gasteiger charge is -2.49. The van der Waals surface area contributed by atoms with E-state index in [9.17, 15) is 4.79 Å². The van der Waals surface area contributed by atoms with Crippen LogP contribution in [0.1, 0.15) is 42.6 Å². The second kappa shape index (κ2) is 7.09. The van der Waals surface area contributed by atoms with Gasteiger partial charge >= 0.3 is 0 Å². The zero-order valence-electron chi connectivity index (χ0n) is 15.9. The van der Waals surface area contributed by atoms with Crippen LogP contribution in [0.4, 0.5) is 11.4 Å². The van der Waals surface area contributed by atoms with Crippen molar-refractivity contribution in [2.24, 2.45) is 0 Å². The Morgan fingerprint density at radius 2 is 1.62 bits per heavy atom. The maximum Gasteiger partial charge on any atom is 0.262 e. The molecule has 1 aliphatic heterocycles. The van der Waals surface area contributed by atoms with Crippen LogP contribution in [0.25, 0.3) is 0 Å². The van der Waals surface area contributed by atoms with E-state index in [0.717, 1.165) is 16.9 Å². The zero-order chi connectivity index (χ0) is 18.9. The molecule has 0 saturated carbocycles. The summed E-state index contributed by atoms with van der Waals surface area (Å²) < 4.78 is 11.2. The number of amides is 1. The summed E-state index contributed by atoms with van der Waals surface area (Å²) in [5.41, 5.74) is 2.46. The molecule has 26 heavy (non-hydrogen) atoms. The third kappa shape index (κ3) is 2.87. The van der Waals surface area contributed by atoms with Crippen molar-refractivity contribution in [2.45, 2.75) is 38.6 Å². The van der Waals surface area contributed by atoms with E-state index in [1.165, 1.54) is 0 Å². The molecule has 0 radical (unpaired) electrons. The predicted octanol–water partition coefficient (Wildman–Crippen LogP) is 4.22. The fourth-order valence-electron chi connectivity index (χ4n) is 3.70. The Bertz CT molecular complexity index is 801. The van der Waals surface area contributed by atoms with Crippen LogP contribution in [0.15, 0.2) is 48.5 Å². The summed E-state index contributed by atoms with van der Waals surface area (Å²) in [6.45, 7) is 6.17. The Hall–Kier alpha value is -2.37. The Kier molecular flexibility index (Phi) is 5.03. The van der Waals surface area contributed by atoms with Gasteiger partial charge in [0.15, 0.2) is 12.0 Å². The van der Waals surface area contributed by atoms with E-state index in [4.69, 9.17) is 9.47 Å². The van der Waals surface area contributed by atoms with Crippen molar-refractivity contribution in [3.63, 3.8) is 0 Å². The normalized spacial score (nSPS) is 19.7. The molecule has 0 aliphatic carbocycles. The Balaban J connectivity index is 2.24. The lowest BCUT2D eigenvalue weighted by Crippen LogP contribution is -2.66. The van der Waals surface area contributed by atoms with Crippen LogP contribution in [0.3, 0.4) is 0 Å². The molecule has 1 atom stereocenters. The SMILES string of the molecule is COC(OC)[C@]1(C)Nc2ccccc2C(=O)N1c1ccccc1C(C)C. The Labute approximate surface area is 154 Å². The first kappa shape index (κ1) is 18.4. The van der Waals surface area contributed by atoms with Crippen LogP contribution in [0.5, 0.6) is 0 Å². The number of carbonyl (C=O) groups excluding carboxylic acids is 1. The average Bonchev–Trinajstić information content (AvgIpc) is 2.63. The summed E-state index contributed by atoms with van der Waals surface area (Å²) in [6, 6.07) is 15.5. The molecule has 1 amide bonds. The molecular formula is C21H26N2O3. The molecule has 0 aromatic heterocycles. The minimum Gasteiger partial charge on any atom is -0.358 e. The fraction of sp³-hybridized carbons (Fsp3) is 0.381. The van der Waals surface area contributed by atoms with Crippen LogP contribution in [0.2, 0.25) is 0 Å². The van der Waals surface area contributed by atoms with E-state index in [2.05, 4.69) is 25.2 Å². The van der Waals surface area contributed by atoms with E-state index in [-0.39, 0.29) is 11.8 Å². The molecule has 2 aromatic carbocycles. The van der Waals surface area contributed by atoms with Gasteiger partial charge in [0.1, 0.15) is 0 Å². The van der Waals surface area contributed by atoms with Crippen LogP contribution in [-0.2, 0) is 9.47 Å². The lowest BCUT2D eigenvalue weighted by molar-refractivity contribution is -0.135. The number of para-hydroxylation sites is 2. The molecule has 0 fully saturated rings. The van der Waals surface area contributed by atoms with Crippen molar-refractivity contribution in [3.05, 3.63) is 59.7 Å². The van der Waals surface area contributed by atoms with Crippen molar-refractivity contribution in [3.8, 4) is 0 Å². The number of nitrogens with zero attached hydrogens (tertiary/aromatic N) is 1. The molecule has 1 heterocycles. The van der Waals surface area contributed by atoms with E-state index in [1.807, 2.05) is 49.4 Å². The van der Waals surface area contributed by atoms with Gasteiger partial charge in [-0.3, -0.25) is 9.69 Å². The highest BCUT2D eigenvalue weighted by molar-refractivity contribution is 6.13. The number of rotatable bonds is 5. The Morgan fingerprint density at radius 3 is 2.27 bits per heavy atom. The van der Waals surface area contributed by atoms with E-state index in [1.54, 1.807) is 19.1 Å². The van der Waals surface area contributed by atoms with Gasteiger partial charge in [-0.25, -0.2) is 0 Å². The summed E-state index contributed by atoms with van der Waals surface area (Å²) in [6.07, 6.45) is -0.653. The van der Waals surface area contributed by atoms with E-state index in [0.29, 0.717) is 5.56 Å². The van der Waals surface area contributed by atoms with Gasteiger partial charge in [0.25, 0.3) is 5.91 Å². The molecule has 2 aromatic rings. The van der Waals surface area contributed by atoms with Gasteiger partial charge in [-0.2, -0.15) is 0 Å². The number of hydrogen-bond acceptors (Lipinski definition) is 4. The average molecular weight is 354 g/mol.